The first-order chi connectivity index (χ1) is 16.5. The summed E-state index contributed by atoms with van der Waals surface area (Å²) in [5, 5.41) is 5.65. The fourth-order valence-electron chi connectivity index (χ4n) is 3.51. The smallest absolute Gasteiger partial charge is 0.255 e. The first-order valence-electron chi connectivity index (χ1n) is 10.7. The third kappa shape index (κ3) is 5.66. The zero-order valence-corrected chi connectivity index (χ0v) is 18.5. The molecule has 0 unspecified atom stereocenters. The number of amides is 2. The van der Waals surface area contributed by atoms with Crippen LogP contribution in [0.15, 0.2) is 97.1 Å². The van der Waals surface area contributed by atoms with E-state index in [1.165, 1.54) is 19.2 Å². The van der Waals surface area contributed by atoms with Gasteiger partial charge in [-0.25, -0.2) is 4.39 Å². The summed E-state index contributed by atoms with van der Waals surface area (Å²) in [4.78, 5) is 25.2. The van der Waals surface area contributed by atoms with E-state index in [1.807, 2.05) is 42.5 Å². The van der Waals surface area contributed by atoms with Crippen molar-refractivity contribution >= 4 is 23.2 Å². The molecule has 170 valence electrons. The Hall–Kier alpha value is -4.45. The van der Waals surface area contributed by atoms with Crippen LogP contribution in [0, 0.1) is 5.82 Å². The van der Waals surface area contributed by atoms with Crippen molar-refractivity contribution in [2.24, 2.45) is 0 Å². The molecule has 0 saturated heterocycles. The Bertz CT molecular complexity index is 1290. The highest BCUT2D eigenvalue weighted by atomic mass is 19.1. The molecule has 0 saturated carbocycles. The van der Waals surface area contributed by atoms with Gasteiger partial charge in [0.2, 0.25) is 5.91 Å². The van der Waals surface area contributed by atoms with Crippen LogP contribution in [-0.2, 0) is 11.2 Å². The predicted octanol–water partition coefficient (Wildman–Crippen LogP) is 5.93. The highest BCUT2D eigenvalue weighted by molar-refractivity contribution is 6.05. The molecule has 0 fully saturated rings. The molecule has 4 aromatic carbocycles. The minimum Gasteiger partial charge on any atom is -0.495 e. The molecule has 0 spiro atoms. The van der Waals surface area contributed by atoms with E-state index in [0.29, 0.717) is 28.3 Å². The van der Waals surface area contributed by atoms with E-state index in [1.54, 1.807) is 42.5 Å². The van der Waals surface area contributed by atoms with Crippen molar-refractivity contribution in [1.29, 1.82) is 0 Å². The fourth-order valence-corrected chi connectivity index (χ4v) is 3.51. The van der Waals surface area contributed by atoms with Gasteiger partial charge in [-0.3, -0.25) is 9.59 Å². The number of nitrogens with one attached hydrogen (secondary N) is 2. The second-order valence-electron chi connectivity index (χ2n) is 7.66. The number of carbonyl (C=O) groups excluding carboxylic acids is 2. The van der Waals surface area contributed by atoms with Crippen molar-refractivity contribution in [3.63, 3.8) is 0 Å². The maximum absolute atomic E-state index is 13.1. The molecule has 4 rings (SSSR count). The van der Waals surface area contributed by atoms with Crippen LogP contribution in [0.4, 0.5) is 15.8 Å². The maximum atomic E-state index is 13.1. The van der Waals surface area contributed by atoms with E-state index >= 15 is 0 Å². The normalized spacial score (nSPS) is 10.4. The summed E-state index contributed by atoms with van der Waals surface area (Å²) in [5.41, 5.74) is 4.22. The summed E-state index contributed by atoms with van der Waals surface area (Å²) in [6, 6.07) is 28.0. The second kappa shape index (κ2) is 10.4. The zero-order valence-electron chi connectivity index (χ0n) is 18.5. The van der Waals surface area contributed by atoms with Gasteiger partial charge in [0.25, 0.3) is 5.91 Å². The average molecular weight is 455 g/mol. The van der Waals surface area contributed by atoms with Gasteiger partial charge in [-0.05, 0) is 59.2 Å². The topological polar surface area (TPSA) is 67.4 Å². The molecule has 0 aliphatic heterocycles. The van der Waals surface area contributed by atoms with Gasteiger partial charge < -0.3 is 15.4 Å². The number of anilines is 2. The van der Waals surface area contributed by atoms with Gasteiger partial charge >= 0.3 is 0 Å². The second-order valence-corrected chi connectivity index (χ2v) is 7.66. The van der Waals surface area contributed by atoms with Crippen molar-refractivity contribution < 1.29 is 18.7 Å². The number of hydrogen-bond acceptors (Lipinski definition) is 3. The molecule has 0 aromatic heterocycles. The number of hydrogen-bond donors (Lipinski definition) is 2. The van der Waals surface area contributed by atoms with Gasteiger partial charge in [-0.1, -0.05) is 54.6 Å². The van der Waals surface area contributed by atoms with Crippen LogP contribution in [0.3, 0.4) is 0 Å². The fraction of sp³-hybridized carbons (Fsp3) is 0.0714. The van der Waals surface area contributed by atoms with Gasteiger partial charge in [-0.15, -0.1) is 0 Å². The Morgan fingerprint density at radius 3 is 2.15 bits per heavy atom. The number of carbonyl (C=O) groups is 2. The molecule has 0 aliphatic rings. The molecule has 2 N–H and O–H groups in total. The molecule has 5 nitrogen and oxygen atoms in total. The van der Waals surface area contributed by atoms with E-state index in [4.69, 9.17) is 4.74 Å². The maximum Gasteiger partial charge on any atom is 0.255 e. The highest BCUT2D eigenvalue weighted by Crippen LogP contribution is 2.28. The minimum absolute atomic E-state index is 0.0772. The summed E-state index contributed by atoms with van der Waals surface area (Å²) in [5.74, 6) is -0.458. The molecular formula is C28H23FN2O3. The Balaban J connectivity index is 1.45. The van der Waals surface area contributed by atoms with Crippen LogP contribution in [0.25, 0.3) is 11.1 Å². The molecular weight excluding hydrogens is 431 g/mol. The van der Waals surface area contributed by atoms with Gasteiger partial charge in [0.15, 0.2) is 0 Å². The average Bonchev–Trinajstić information content (AvgIpc) is 2.86. The monoisotopic (exact) mass is 454 g/mol. The van der Waals surface area contributed by atoms with E-state index < -0.39 is 0 Å². The van der Waals surface area contributed by atoms with Crippen LogP contribution in [-0.4, -0.2) is 18.9 Å². The largest absolute Gasteiger partial charge is 0.495 e. The Morgan fingerprint density at radius 1 is 0.794 bits per heavy atom. The lowest BCUT2D eigenvalue weighted by Gasteiger charge is -2.13. The SMILES string of the molecule is COc1ccc(NC(=O)c2ccc(-c3ccccc3)cc2)cc1NC(=O)Cc1ccc(F)cc1. The number of rotatable bonds is 7. The number of ether oxygens (including phenoxy) is 1. The molecule has 0 atom stereocenters. The first-order valence-corrected chi connectivity index (χ1v) is 10.7. The van der Waals surface area contributed by atoms with Crippen molar-refractivity contribution in [1.82, 2.24) is 0 Å². The molecule has 4 aromatic rings. The summed E-state index contributed by atoms with van der Waals surface area (Å²) in [6.45, 7) is 0. The lowest BCUT2D eigenvalue weighted by atomic mass is 10.0. The van der Waals surface area contributed by atoms with Gasteiger partial charge in [0.05, 0.1) is 19.2 Å². The molecule has 0 heterocycles. The lowest BCUT2D eigenvalue weighted by molar-refractivity contribution is -0.115. The van der Waals surface area contributed by atoms with Crippen LogP contribution in [0.2, 0.25) is 0 Å². The minimum atomic E-state index is -0.357. The van der Waals surface area contributed by atoms with Crippen molar-refractivity contribution in [2.75, 3.05) is 17.7 Å². The van der Waals surface area contributed by atoms with Crippen LogP contribution in [0.5, 0.6) is 5.75 Å². The van der Waals surface area contributed by atoms with Crippen LogP contribution >= 0.6 is 0 Å². The quantitative estimate of drug-likeness (QED) is 0.363. The van der Waals surface area contributed by atoms with Gasteiger partial charge in [0.1, 0.15) is 11.6 Å². The molecule has 6 heteroatoms. The highest BCUT2D eigenvalue weighted by Gasteiger charge is 2.12. The van der Waals surface area contributed by atoms with Gasteiger partial charge in [-0.2, -0.15) is 0 Å². The van der Waals surface area contributed by atoms with Gasteiger partial charge in [0, 0.05) is 11.3 Å². The Labute approximate surface area is 197 Å². The lowest BCUT2D eigenvalue weighted by Crippen LogP contribution is -2.16. The molecule has 0 bridgehead atoms. The summed E-state index contributed by atoms with van der Waals surface area (Å²) < 4.78 is 18.4. The van der Waals surface area contributed by atoms with Crippen LogP contribution in [0.1, 0.15) is 15.9 Å². The molecule has 34 heavy (non-hydrogen) atoms. The Morgan fingerprint density at radius 2 is 1.47 bits per heavy atom. The third-order valence-corrected chi connectivity index (χ3v) is 5.26. The van der Waals surface area contributed by atoms with Crippen molar-refractivity contribution in [3.05, 3.63) is 114 Å². The predicted molar refractivity (Wildman–Crippen MR) is 132 cm³/mol. The summed E-state index contributed by atoms with van der Waals surface area (Å²) >= 11 is 0. The molecule has 0 aliphatic carbocycles. The summed E-state index contributed by atoms with van der Waals surface area (Å²) in [7, 11) is 1.50. The van der Waals surface area contributed by atoms with E-state index in [0.717, 1.165) is 11.1 Å². The number of methoxy groups -OCH3 is 1. The zero-order chi connectivity index (χ0) is 23.9. The van der Waals surface area contributed by atoms with Crippen molar-refractivity contribution in [3.8, 4) is 16.9 Å². The molecule has 2 amide bonds. The first kappa shape index (κ1) is 22.7. The van der Waals surface area contributed by atoms with Crippen LogP contribution < -0.4 is 15.4 Å². The van der Waals surface area contributed by atoms with E-state index in [9.17, 15) is 14.0 Å². The van der Waals surface area contributed by atoms with E-state index in [-0.39, 0.29) is 24.1 Å². The third-order valence-electron chi connectivity index (χ3n) is 5.26. The number of benzene rings is 4. The molecule has 0 radical (unpaired) electrons. The number of halogens is 1. The standard InChI is InChI=1S/C28H23FN2O3/c1-34-26-16-15-24(18-25(26)31-27(32)17-19-7-13-23(29)14-8-19)30-28(33)22-11-9-21(10-12-22)20-5-3-2-4-6-20/h2-16,18H,17H2,1H3,(H,30,33)(H,31,32). The Kier molecular flexibility index (Phi) is 6.98. The van der Waals surface area contributed by atoms with E-state index in [2.05, 4.69) is 10.6 Å². The summed E-state index contributed by atoms with van der Waals surface area (Å²) in [6.07, 6.45) is 0.0772. The van der Waals surface area contributed by atoms with Crippen molar-refractivity contribution in [2.45, 2.75) is 6.42 Å².